The van der Waals surface area contributed by atoms with Gasteiger partial charge in [0.25, 0.3) is 0 Å². The van der Waals surface area contributed by atoms with Crippen molar-refractivity contribution in [3.63, 3.8) is 0 Å². The van der Waals surface area contributed by atoms with Crippen LogP contribution in [0.4, 0.5) is 0 Å². The Bertz CT molecular complexity index is 110. The monoisotopic (exact) mass is 157 g/mol. The van der Waals surface area contributed by atoms with E-state index in [1.165, 1.54) is 0 Å². The summed E-state index contributed by atoms with van der Waals surface area (Å²) in [6.07, 6.45) is 1.12. The van der Waals surface area contributed by atoms with Gasteiger partial charge in [-0.05, 0) is 19.3 Å². The van der Waals surface area contributed by atoms with Crippen molar-refractivity contribution in [1.29, 1.82) is 5.41 Å². The third-order valence-electron chi connectivity index (χ3n) is 1.38. The van der Waals surface area contributed by atoms with Crippen molar-refractivity contribution >= 4 is 5.96 Å². The molecule has 3 heteroatoms. The minimum atomic E-state index is 0.438. The molecule has 0 aliphatic carbocycles. The smallest absolute Gasteiger partial charge is 0.188 e. The Labute approximate surface area is 69.1 Å². The molecular weight excluding hydrogens is 138 g/mol. The molecule has 3 nitrogen and oxygen atoms in total. The van der Waals surface area contributed by atoms with Crippen LogP contribution in [-0.2, 0) is 0 Å². The highest BCUT2D eigenvalue weighted by atomic mass is 15.1. The SMILES string of the molecule is CCNC(=N)NCCC(C)C. The highest BCUT2D eigenvalue weighted by Gasteiger charge is 1.94. The average molecular weight is 157 g/mol. The van der Waals surface area contributed by atoms with Crippen molar-refractivity contribution in [1.82, 2.24) is 10.6 Å². The van der Waals surface area contributed by atoms with Gasteiger partial charge in [0.15, 0.2) is 5.96 Å². The zero-order valence-corrected chi connectivity index (χ0v) is 7.70. The maximum absolute atomic E-state index is 7.31. The maximum atomic E-state index is 7.31. The quantitative estimate of drug-likeness (QED) is 0.424. The van der Waals surface area contributed by atoms with Crippen LogP contribution in [0, 0.1) is 11.3 Å². The first-order chi connectivity index (χ1) is 5.16. The lowest BCUT2D eigenvalue weighted by Crippen LogP contribution is -2.36. The fourth-order valence-electron chi connectivity index (χ4n) is 0.725. The summed E-state index contributed by atoms with van der Waals surface area (Å²) in [4.78, 5) is 0. The van der Waals surface area contributed by atoms with E-state index in [0.29, 0.717) is 11.9 Å². The molecule has 0 rings (SSSR count). The first-order valence-corrected chi connectivity index (χ1v) is 4.23. The number of hydrogen-bond donors (Lipinski definition) is 3. The Hall–Kier alpha value is -0.730. The lowest BCUT2D eigenvalue weighted by Gasteiger charge is -2.09. The van der Waals surface area contributed by atoms with Crippen molar-refractivity contribution in [2.24, 2.45) is 5.92 Å². The minimum Gasteiger partial charge on any atom is -0.357 e. The predicted octanol–water partition coefficient (Wildman–Crippen LogP) is 1.17. The van der Waals surface area contributed by atoms with Gasteiger partial charge in [-0.25, -0.2) is 0 Å². The first kappa shape index (κ1) is 10.3. The standard InChI is InChI=1S/C8H19N3/c1-4-10-8(9)11-6-5-7(2)3/h7H,4-6H2,1-3H3,(H3,9,10,11). The Morgan fingerprint density at radius 3 is 2.45 bits per heavy atom. The van der Waals surface area contributed by atoms with Crippen LogP contribution in [0.25, 0.3) is 0 Å². The zero-order chi connectivity index (χ0) is 8.69. The summed E-state index contributed by atoms with van der Waals surface area (Å²) >= 11 is 0. The second kappa shape index (κ2) is 6.01. The molecule has 0 fully saturated rings. The number of nitrogens with one attached hydrogen (secondary N) is 3. The molecule has 0 spiro atoms. The van der Waals surface area contributed by atoms with Crippen LogP contribution in [0.3, 0.4) is 0 Å². The molecule has 0 heterocycles. The second-order valence-corrected chi connectivity index (χ2v) is 3.01. The van der Waals surface area contributed by atoms with Crippen LogP contribution < -0.4 is 10.6 Å². The molecule has 0 aliphatic rings. The molecule has 0 saturated heterocycles. The molecule has 0 aliphatic heterocycles. The molecule has 0 aromatic rings. The predicted molar refractivity (Wildman–Crippen MR) is 48.9 cm³/mol. The van der Waals surface area contributed by atoms with E-state index in [-0.39, 0.29) is 0 Å². The molecule has 0 atom stereocenters. The van der Waals surface area contributed by atoms with E-state index in [2.05, 4.69) is 24.5 Å². The molecule has 0 radical (unpaired) electrons. The fourth-order valence-corrected chi connectivity index (χ4v) is 0.725. The van der Waals surface area contributed by atoms with Gasteiger partial charge in [-0.1, -0.05) is 13.8 Å². The van der Waals surface area contributed by atoms with E-state index in [9.17, 15) is 0 Å². The molecule has 0 aromatic carbocycles. The van der Waals surface area contributed by atoms with E-state index in [1.807, 2.05) is 6.92 Å². The summed E-state index contributed by atoms with van der Waals surface area (Å²) in [5.74, 6) is 1.14. The van der Waals surface area contributed by atoms with Crippen molar-refractivity contribution in [3.8, 4) is 0 Å². The molecule has 0 bridgehead atoms. The summed E-state index contributed by atoms with van der Waals surface area (Å²) in [6.45, 7) is 8.05. The highest BCUT2D eigenvalue weighted by Crippen LogP contribution is 1.95. The Kier molecular flexibility index (Phi) is 5.61. The van der Waals surface area contributed by atoms with E-state index < -0.39 is 0 Å². The van der Waals surface area contributed by atoms with Gasteiger partial charge < -0.3 is 10.6 Å². The number of rotatable bonds is 4. The molecule has 3 N–H and O–H groups in total. The minimum absolute atomic E-state index is 0.438. The van der Waals surface area contributed by atoms with Gasteiger partial charge in [-0.3, -0.25) is 5.41 Å². The summed E-state index contributed by atoms with van der Waals surface area (Å²) in [5, 5.41) is 13.2. The summed E-state index contributed by atoms with van der Waals surface area (Å²) in [6, 6.07) is 0. The van der Waals surface area contributed by atoms with Crippen LogP contribution in [0.15, 0.2) is 0 Å². The van der Waals surface area contributed by atoms with Crippen LogP contribution in [-0.4, -0.2) is 19.0 Å². The van der Waals surface area contributed by atoms with E-state index in [1.54, 1.807) is 0 Å². The second-order valence-electron chi connectivity index (χ2n) is 3.01. The van der Waals surface area contributed by atoms with E-state index >= 15 is 0 Å². The van der Waals surface area contributed by atoms with Gasteiger partial charge in [0.1, 0.15) is 0 Å². The summed E-state index contributed by atoms with van der Waals surface area (Å²) in [7, 11) is 0. The Morgan fingerprint density at radius 2 is 2.00 bits per heavy atom. The zero-order valence-electron chi connectivity index (χ0n) is 7.70. The van der Waals surface area contributed by atoms with Crippen molar-refractivity contribution in [2.45, 2.75) is 27.2 Å². The van der Waals surface area contributed by atoms with E-state index in [0.717, 1.165) is 19.5 Å². The lowest BCUT2D eigenvalue weighted by molar-refractivity contribution is 0.573. The fraction of sp³-hybridized carbons (Fsp3) is 0.875. The van der Waals surface area contributed by atoms with Gasteiger partial charge in [0, 0.05) is 13.1 Å². The van der Waals surface area contributed by atoms with Crippen LogP contribution in [0.5, 0.6) is 0 Å². The van der Waals surface area contributed by atoms with Gasteiger partial charge >= 0.3 is 0 Å². The van der Waals surface area contributed by atoms with Crippen molar-refractivity contribution < 1.29 is 0 Å². The maximum Gasteiger partial charge on any atom is 0.188 e. The van der Waals surface area contributed by atoms with Gasteiger partial charge in [0.05, 0.1) is 0 Å². The largest absolute Gasteiger partial charge is 0.357 e. The molecule has 11 heavy (non-hydrogen) atoms. The molecule has 0 saturated carbocycles. The van der Waals surface area contributed by atoms with Crippen molar-refractivity contribution in [2.75, 3.05) is 13.1 Å². The van der Waals surface area contributed by atoms with Crippen LogP contribution in [0.1, 0.15) is 27.2 Å². The third-order valence-corrected chi connectivity index (χ3v) is 1.38. The van der Waals surface area contributed by atoms with Gasteiger partial charge in [-0.15, -0.1) is 0 Å². The van der Waals surface area contributed by atoms with Crippen molar-refractivity contribution in [3.05, 3.63) is 0 Å². The molecule has 0 aromatic heterocycles. The normalized spacial score (nSPS) is 9.82. The molecular formula is C8H19N3. The van der Waals surface area contributed by atoms with Crippen LogP contribution in [0.2, 0.25) is 0 Å². The number of guanidine groups is 1. The summed E-state index contributed by atoms with van der Waals surface area (Å²) < 4.78 is 0. The highest BCUT2D eigenvalue weighted by molar-refractivity contribution is 5.76. The van der Waals surface area contributed by atoms with Crippen LogP contribution >= 0.6 is 0 Å². The molecule has 0 amide bonds. The topological polar surface area (TPSA) is 47.9 Å². The third kappa shape index (κ3) is 7.16. The van der Waals surface area contributed by atoms with Gasteiger partial charge in [-0.2, -0.15) is 0 Å². The number of hydrogen-bond acceptors (Lipinski definition) is 1. The average Bonchev–Trinajstić information content (AvgIpc) is 1.87. The molecule has 66 valence electrons. The summed E-state index contributed by atoms with van der Waals surface area (Å²) in [5.41, 5.74) is 0. The Morgan fingerprint density at radius 1 is 1.36 bits per heavy atom. The van der Waals surface area contributed by atoms with E-state index in [4.69, 9.17) is 5.41 Å². The molecule has 0 unspecified atom stereocenters. The first-order valence-electron chi connectivity index (χ1n) is 4.23. The Balaban J connectivity index is 3.17. The lowest BCUT2D eigenvalue weighted by atomic mass is 10.1. The van der Waals surface area contributed by atoms with Gasteiger partial charge in [0.2, 0.25) is 0 Å².